The summed E-state index contributed by atoms with van der Waals surface area (Å²) in [6, 6.07) is 8.03. The summed E-state index contributed by atoms with van der Waals surface area (Å²) in [4.78, 5) is 17.1. The van der Waals surface area contributed by atoms with Gasteiger partial charge in [0.25, 0.3) is 0 Å². The average Bonchev–Trinajstić information content (AvgIpc) is 2.93. The first-order valence-electron chi connectivity index (χ1n) is 8.78. The minimum atomic E-state index is 0.0175. The molecule has 0 radical (unpaired) electrons. The van der Waals surface area contributed by atoms with Crippen LogP contribution in [0.5, 0.6) is 0 Å². The molecule has 3 rings (SSSR count). The SMILES string of the molecule is CC1CCCCC1NC(=O)Cn1c(NCCO)nc2ccccc21. The summed E-state index contributed by atoms with van der Waals surface area (Å²) in [6.45, 7) is 2.88. The number of imidazole rings is 1. The van der Waals surface area contributed by atoms with Crippen molar-refractivity contribution in [3.05, 3.63) is 24.3 Å². The maximum atomic E-state index is 12.6. The highest BCUT2D eigenvalue weighted by Crippen LogP contribution is 2.24. The molecule has 1 aromatic heterocycles. The number of para-hydroxylation sites is 2. The number of nitrogens with one attached hydrogen (secondary N) is 2. The van der Waals surface area contributed by atoms with Crippen LogP contribution in [0.4, 0.5) is 5.95 Å². The molecule has 6 heteroatoms. The van der Waals surface area contributed by atoms with Crippen molar-refractivity contribution >= 4 is 22.9 Å². The van der Waals surface area contributed by atoms with Crippen molar-refractivity contribution in [3.63, 3.8) is 0 Å². The highest BCUT2D eigenvalue weighted by molar-refractivity contribution is 5.83. The number of aliphatic hydroxyl groups is 1. The number of anilines is 1. The Hall–Kier alpha value is -2.08. The van der Waals surface area contributed by atoms with E-state index in [0.717, 1.165) is 17.5 Å². The normalized spacial score (nSPS) is 20.9. The zero-order valence-corrected chi connectivity index (χ0v) is 14.2. The van der Waals surface area contributed by atoms with Gasteiger partial charge >= 0.3 is 0 Å². The van der Waals surface area contributed by atoms with Crippen LogP contribution >= 0.6 is 0 Å². The minimum absolute atomic E-state index is 0.0175. The molecule has 1 aliphatic carbocycles. The number of hydrogen-bond acceptors (Lipinski definition) is 4. The van der Waals surface area contributed by atoms with Crippen LogP contribution in [0.2, 0.25) is 0 Å². The number of amides is 1. The van der Waals surface area contributed by atoms with Crippen LogP contribution in [-0.4, -0.2) is 39.8 Å². The fourth-order valence-corrected chi connectivity index (χ4v) is 3.46. The van der Waals surface area contributed by atoms with Gasteiger partial charge < -0.3 is 20.3 Å². The summed E-state index contributed by atoms with van der Waals surface area (Å²) < 4.78 is 1.88. The van der Waals surface area contributed by atoms with E-state index in [0.29, 0.717) is 18.4 Å². The van der Waals surface area contributed by atoms with Gasteiger partial charge in [-0.25, -0.2) is 4.98 Å². The molecule has 0 saturated heterocycles. The van der Waals surface area contributed by atoms with Crippen LogP contribution in [0.3, 0.4) is 0 Å². The van der Waals surface area contributed by atoms with Crippen LogP contribution in [-0.2, 0) is 11.3 Å². The molecule has 1 amide bonds. The summed E-state index contributed by atoms with van der Waals surface area (Å²) in [7, 11) is 0. The summed E-state index contributed by atoms with van der Waals surface area (Å²) in [5.41, 5.74) is 1.77. The topological polar surface area (TPSA) is 79.2 Å². The molecule has 2 unspecified atom stereocenters. The molecule has 0 spiro atoms. The Morgan fingerprint density at radius 2 is 2.12 bits per heavy atom. The first-order chi connectivity index (χ1) is 11.7. The zero-order chi connectivity index (χ0) is 16.9. The second kappa shape index (κ2) is 7.66. The van der Waals surface area contributed by atoms with Gasteiger partial charge in [-0.1, -0.05) is 31.9 Å². The van der Waals surface area contributed by atoms with Crippen LogP contribution in [0.25, 0.3) is 11.0 Å². The van der Waals surface area contributed by atoms with Crippen molar-refractivity contribution in [2.45, 2.75) is 45.2 Å². The molecule has 0 bridgehead atoms. The molecule has 2 aromatic rings. The van der Waals surface area contributed by atoms with Gasteiger partial charge in [0.15, 0.2) is 0 Å². The third kappa shape index (κ3) is 3.70. The molecule has 2 atom stereocenters. The Morgan fingerprint density at radius 3 is 2.92 bits per heavy atom. The number of carbonyl (C=O) groups excluding carboxylic acids is 1. The molecule has 6 nitrogen and oxygen atoms in total. The number of benzene rings is 1. The number of aliphatic hydroxyl groups excluding tert-OH is 1. The number of nitrogens with zero attached hydrogens (tertiary/aromatic N) is 2. The lowest BCUT2D eigenvalue weighted by Gasteiger charge is -2.29. The van der Waals surface area contributed by atoms with Gasteiger partial charge in [-0.3, -0.25) is 4.79 Å². The van der Waals surface area contributed by atoms with Gasteiger partial charge in [-0.2, -0.15) is 0 Å². The molecule has 1 fully saturated rings. The van der Waals surface area contributed by atoms with Gasteiger partial charge in [0, 0.05) is 12.6 Å². The van der Waals surface area contributed by atoms with Crippen molar-refractivity contribution in [3.8, 4) is 0 Å². The molecule has 1 saturated carbocycles. The van der Waals surface area contributed by atoms with Crippen molar-refractivity contribution < 1.29 is 9.90 Å². The molecular weight excluding hydrogens is 304 g/mol. The molecule has 3 N–H and O–H groups in total. The molecule has 130 valence electrons. The average molecular weight is 330 g/mol. The van der Waals surface area contributed by atoms with Gasteiger partial charge in [0.05, 0.1) is 17.6 Å². The van der Waals surface area contributed by atoms with E-state index in [2.05, 4.69) is 22.5 Å². The predicted octanol–water partition coefficient (Wildman–Crippen LogP) is 2.14. The smallest absolute Gasteiger partial charge is 0.240 e. The number of fused-ring (bicyclic) bond motifs is 1. The third-order valence-electron chi connectivity index (χ3n) is 4.81. The largest absolute Gasteiger partial charge is 0.395 e. The van der Waals surface area contributed by atoms with Gasteiger partial charge in [0.1, 0.15) is 6.54 Å². The lowest BCUT2D eigenvalue weighted by Crippen LogP contribution is -2.42. The standard InChI is InChI=1S/C18H26N4O2/c1-13-6-2-3-7-14(13)20-17(24)12-22-16-9-5-4-8-15(16)21-18(22)19-10-11-23/h4-5,8-9,13-14,23H,2-3,6-7,10-12H2,1H3,(H,19,21)(H,20,24). The molecule has 1 aromatic carbocycles. The first-order valence-corrected chi connectivity index (χ1v) is 8.78. The van der Waals surface area contributed by atoms with E-state index in [1.165, 1.54) is 19.3 Å². The van der Waals surface area contributed by atoms with E-state index in [4.69, 9.17) is 5.11 Å². The lowest BCUT2D eigenvalue weighted by molar-refractivity contribution is -0.122. The Labute approximate surface area is 142 Å². The van der Waals surface area contributed by atoms with Gasteiger partial charge in [-0.05, 0) is 30.9 Å². The van der Waals surface area contributed by atoms with Crippen molar-refractivity contribution in [2.75, 3.05) is 18.5 Å². The number of hydrogen-bond donors (Lipinski definition) is 3. The van der Waals surface area contributed by atoms with Crippen molar-refractivity contribution in [1.82, 2.24) is 14.9 Å². The van der Waals surface area contributed by atoms with Crippen LogP contribution < -0.4 is 10.6 Å². The van der Waals surface area contributed by atoms with Crippen LogP contribution in [0, 0.1) is 5.92 Å². The maximum Gasteiger partial charge on any atom is 0.240 e. The van der Waals surface area contributed by atoms with E-state index in [1.54, 1.807) is 0 Å². The highest BCUT2D eigenvalue weighted by atomic mass is 16.3. The molecule has 24 heavy (non-hydrogen) atoms. The summed E-state index contributed by atoms with van der Waals surface area (Å²) in [6.07, 6.45) is 4.69. The Morgan fingerprint density at radius 1 is 1.33 bits per heavy atom. The minimum Gasteiger partial charge on any atom is -0.395 e. The quantitative estimate of drug-likeness (QED) is 0.758. The first kappa shape index (κ1) is 16.8. The lowest BCUT2D eigenvalue weighted by atomic mass is 9.86. The zero-order valence-electron chi connectivity index (χ0n) is 14.2. The summed E-state index contributed by atoms with van der Waals surface area (Å²) >= 11 is 0. The number of carbonyl (C=O) groups is 1. The van der Waals surface area contributed by atoms with Gasteiger partial charge in [-0.15, -0.1) is 0 Å². The fourth-order valence-electron chi connectivity index (χ4n) is 3.46. The Kier molecular flexibility index (Phi) is 5.35. The molecule has 1 heterocycles. The fraction of sp³-hybridized carbons (Fsp3) is 0.556. The highest BCUT2D eigenvalue weighted by Gasteiger charge is 2.23. The predicted molar refractivity (Wildman–Crippen MR) is 94.9 cm³/mol. The Balaban J connectivity index is 1.76. The van der Waals surface area contributed by atoms with E-state index in [-0.39, 0.29) is 25.1 Å². The van der Waals surface area contributed by atoms with Crippen molar-refractivity contribution in [2.24, 2.45) is 5.92 Å². The van der Waals surface area contributed by atoms with Gasteiger partial charge in [0.2, 0.25) is 11.9 Å². The monoisotopic (exact) mass is 330 g/mol. The van der Waals surface area contributed by atoms with Crippen molar-refractivity contribution in [1.29, 1.82) is 0 Å². The number of aromatic nitrogens is 2. The van der Waals surface area contributed by atoms with E-state index in [9.17, 15) is 4.79 Å². The molecular formula is C18H26N4O2. The molecule has 1 aliphatic rings. The second-order valence-corrected chi connectivity index (χ2v) is 6.60. The molecule has 0 aliphatic heterocycles. The van der Waals surface area contributed by atoms with E-state index >= 15 is 0 Å². The van der Waals surface area contributed by atoms with E-state index < -0.39 is 0 Å². The second-order valence-electron chi connectivity index (χ2n) is 6.60. The third-order valence-corrected chi connectivity index (χ3v) is 4.81. The maximum absolute atomic E-state index is 12.6. The van der Waals surface area contributed by atoms with Crippen LogP contribution in [0.1, 0.15) is 32.6 Å². The summed E-state index contributed by atoms with van der Waals surface area (Å²) in [5.74, 6) is 1.18. The van der Waals surface area contributed by atoms with E-state index in [1.807, 2.05) is 28.8 Å². The summed E-state index contributed by atoms with van der Waals surface area (Å²) in [5, 5.41) is 15.3. The Bertz CT molecular complexity index is 697. The number of rotatable bonds is 6. The van der Waals surface area contributed by atoms with Crippen LogP contribution in [0.15, 0.2) is 24.3 Å².